The normalized spacial score (nSPS) is 11.0. The van der Waals surface area contributed by atoms with Crippen molar-refractivity contribution < 1.29 is 9.13 Å². The Kier molecular flexibility index (Phi) is 4.44. The molecule has 0 amide bonds. The van der Waals surface area contributed by atoms with Crippen molar-refractivity contribution in [3.05, 3.63) is 86.9 Å². The van der Waals surface area contributed by atoms with Crippen molar-refractivity contribution >= 4 is 27.9 Å². The molecular formula is C19H12ClFN2O2S. The Morgan fingerprint density at radius 2 is 1.96 bits per heavy atom. The number of benzene rings is 2. The molecule has 0 radical (unpaired) electrons. The summed E-state index contributed by atoms with van der Waals surface area (Å²) in [6.07, 6.45) is 0. The molecule has 4 aromatic rings. The summed E-state index contributed by atoms with van der Waals surface area (Å²) in [6.45, 7) is 0.0651. The number of hydrogen-bond donors (Lipinski definition) is 0. The van der Waals surface area contributed by atoms with Crippen LogP contribution in [0.25, 0.3) is 16.2 Å². The van der Waals surface area contributed by atoms with Gasteiger partial charge in [0, 0.05) is 11.4 Å². The molecule has 0 saturated carbocycles. The summed E-state index contributed by atoms with van der Waals surface area (Å²) >= 11 is 7.33. The molecular weight excluding hydrogens is 375 g/mol. The van der Waals surface area contributed by atoms with E-state index >= 15 is 0 Å². The van der Waals surface area contributed by atoms with Crippen LogP contribution in [-0.4, -0.2) is 9.38 Å². The minimum atomic E-state index is -0.438. The fourth-order valence-electron chi connectivity index (χ4n) is 2.59. The summed E-state index contributed by atoms with van der Waals surface area (Å²) in [7, 11) is 0. The van der Waals surface area contributed by atoms with Gasteiger partial charge in [-0.2, -0.15) is 0 Å². The predicted molar refractivity (Wildman–Crippen MR) is 101 cm³/mol. The highest BCUT2D eigenvalue weighted by Gasteiger charge is 2.11. The lowest BCUT2D eigenvalue weighted by Crippen LogP contribution is -2.15. The largest absolute Gasteiger partial charge is 0.486 e. The van der Waals surface area contributed by atoms with E-state index < -0.39 is 5.82 Å². The molecule has 0 bridgehead atoms. The fourth-order valence-corrected chi connectivity index (χ4v) is 3.74. The second-order valence-electron chi connectivity index (χ2n) is 5.55. The van der Waals surface area contributed by atoms with Gasteiger partial charge >= 0.3 is 0 Å². The van der Waals surface area contributed by atoms with E-state index in [0.717, 1.165) is 11.3 Å². The van der Waals surface area contributed by atoms with Crippen molar-refractivity contribution in [2.24, 2.45) is 0 Å². The quantitative estimate of drug-likeness (QED) is 0.506. The maximum absolute atomic E-state index is 13.1. The third-order valence-electron chi connectivity index (χ3n) is 3.80. The summed E-state index contributed by atoms with van der Waals surface area (Å²) in [6, 6.07) is 15.0. The van der Waals surface area contributed by atoms with E-state index in [1.165, 1.54) is 35.6 Å². The van der Waals surface area contributed by atoms with Crippen molar-refractivity contribution in [1.29, 1.82) is 0 Å². The molecule has 0 saturated heterocycles. The lowest BCUT2D eigenvalue weighted by molar-refractivity contribution is 0.301. The first-order valence-electron chi connectivity index (χ1n) is 7.75. The fraction of sp³-hybridized carbons (Fsp3) is 0.0526. The van der Waals surface area contributed by atoms with Crippen molar-refractivity contribution in [1.82, 2.24) is 9.38 Å². The number of thiazole rings is 1. The van der Waals surface area contributed by atoms with Gasteiger partial charge in [-0.15, -0.1) is 11.3 Å². The minimum Gasteiger partial charge on any atom is -0.486 e. The number of nitrogens with zero attached hydrogens (tertiary/aromatic N) is 2. The molecule has 0 aliphatic rings. The highest BCUT2D eigenvalue weighted by atomic mass is 35.5. The van der Waals surface area contributed by atoms with Gasteiger partial charge in [0.25, 0.3) is 5.56 Å². The summed E-state index contributed by atoms with van der Waals surface area (Å²) in [4.78, 5) is 17.6. The van der Waals surface area contributed by atoms with Crippen molar-refractivity contribution in [3.8, 4) is 17.0 Å². The van der Waals surface area contributed by atoms with E-state index in [4.69, 9.17) is 16.3 Å². The Morgan fingerprint density at radius 3 is 2.73 bits per heavy atom. The van der Waals surface area contributed by atoms with Crippen LogP contribution >= 0.6 is 22.9 Å². The van der Waals surface area contributed by atoms with Crippen molar-refractivity contribution in [2.45, 2.75) is 6.61 Å². The van der Waals surface area contributed by atoms with Crippen molar-refractivity contribution in [2.75, 3.05) is 0 Å². The molecule has 0 unspecified atom stereocenters. The average molecular weight is 387 g/mol. The van der Waals surface area contributed by atoms with Gasteiger partial charge in [-0.3, -0.25) is 9.20 Å². The van der Waals surface area contributed by atoms with E-state index in [9.17, 15) is 9.18 Å². The predicted octanol–water partition coefficient (Wildman–Crippen LogP) is 4.79. The molecule has 26 heavy (non-hydrogen) atoms. The Bertz CT molecular complexity index is 1140. The molecule has 0 atom stereocenters. The van der Waals surface area contributed by atoms with Crippen LogP contribution in [-0.2, 0) is 6.61 Å². The summed E-state index contributed by atoms with van der Waals surface area (Å²) in [5.41, 5.74) is 2.05. The summed E-state index contributed by atoms with van der Waals surface area (Å²) < 4.78 is 20.2. The molecule has 7 heteroatoms. The highest BCUT2D eigenvalue weighted by molar-refractivity contribution is 7.15. The second kappa shape index (κ2) is 6.90. The van der Waals surface area contributed by atoms with Crippen LogP contribution in [0.3, 0.4) is 0 Å². The van der Waals surface area contributed by atoms with E-state index in [1.54, 1.807) is 4.40 Å². The van der Waals surface area contributed by atoms with Gasteiger partial charge in [-0.05, 0) is 23.8 Å². The van der Waals surface area contributed by atoms with Gasteiger partial charge in [-0.25, -0.2) is 9.37 Å². The molecule has 0 aliphatic carbocycles. The third-order valence-corrected chi connectivity index (χ3v) is 4.92. The number of hydrogen-bond acceptors (Lipinski definition) is 4. The zero-order valence-corrected chi connectivity index (χ0v) is 14.9. The molecule has 4 rings (SSSR count). The highest BCUT2D eigenvalue weighted by Crippen LogP contribution is 2.26. The van der Waals surface area contributed by atoms with E-state index in [0.29, 0.717) is 16.4 Å². The van der Waals surface area contributed by atoms with E-state index in [-0.39, 0.29) is 17.2 Å². The zero-order chi connectivity index (χ0) is 18.1. The first-order valence-corrected chi connectivity index (χ1v) is 9.01. The molecule has 0 N–H and O–H groups in total. The van der Waals surface area contributed by atoms with Crippen LogP contribution in [0.4, 0.5) is 4.39 Å². The molecule has 2 aromatic carbocycles. The maximum Gasteiger partial charge on any atom is 0.259 e. The number of rotatable bonds is 4. The lowest BCUT2D eigenvalue weighted by Gasteiger charge is -2.08. The molecule has 2 aromatic heterocycles. The van der Waals surface area contributed by atoms with Gasteiger partial charge in [0.05, 0.1) is 16.4 Å². The van der Waals surface area contributed by atoms with Crippen LogP contribution in [0.1, 0.15) is 5.69 Å². The lowest BCUT2D eigenvalue weighted by atomic mass is 10.2. The SMILES string of the molecule is O=c1cc(COc2ccc(F)cc2Cl)nc2scc(-c3ccccc3)n12. The summed E-state index contributed by atoms with van der Waals surface area (Å²) in [5, 5.41) is 2.07. The molecule has 0 aliphatic heterocycles. The Balaban J connectivity index is 1.65. The average Bonchev–Trinajstić information content (AvgIpc) is 3.06. The van der Waals surface area contributed by atoms with Crippen molar-refractivity contribution in [3.63, 3.8) is 0 Å². The van der Waals surface area contributed by atoms with Crippen LogP contribution in [0.2, 0.25) is 5.02 Å². The van der Waals surface area contributed by atoms with Gasteiger partial charge in [0.15, 0.2) is 4.96 Å². The number of fused-ring (bicyclic) bond motifs is 1. The first-order chi connectivity index (χ1) is 12.6. The van der Waals surface area contributed by atoms with E-state index in [1.807, 2.05) is 35.7 Å². The molecule has 2 heterocycles. The minimum absolute atomic E-state index is 0.0651. The topological polar surface area (TPSA) is 43.6 Å². The smallest absolute Gasteiger partial charge is 0.259 e. The van der Waals surface area contributed by atoms with Crippen LogP contribution in [0, 0.1) is 5.82 Å². The van der Waals surface area contributed by atoms with Crippen LogP contribution in [0.5, 0.6) is 5.75 Å². The van der Waals surface area contributed by atoms with E-state index in [2.05, 4.69) is 4.98 Å². The standard InChI is InChI=1S/C19H12ClFN2O2S/c20-15-8-13(21)6-7-17(15)25-10-14-9-18(24)23-16(11-26-19(23)22-14)12-4-2-1-3-5-12/h1-9,11H,10H2. The number of halogens is 2. The van der Waals surface area contributed by atoms with Gasteiger partial charge < -0.3 is 4.74 Å². The molecule has 0 fully saturated rings. The summed E-state index contributed by atoms with van der Waals surface area (Å²) in [5.74, 6) is -0.0987. The van der Waals surface area contributed by atoms with Crippen LogP contribution in [0.15, 0.2) is 64.8 Å². The number of ether oxygens (including phenoxy) is 1. The van der Waals surface area contributed by atoms with Crippen LogP contribution < -0.4 is 10.3 Å². The first kappa shape index (κ1) is 16.8. The zero-order valence-electron chi connectivity index (χ0n) is 13.4. The number of aromatic nitrogens is 2. The van der Waals surface area contributed by atoms with Gasteiger partial charge in [-0.1, -0.05) is 41.9 Å². The van der Waals surface area contributed by atoms with Gasteiger partial charge in [0.2, 0.25) is 0 Å². The third kappa shape index (κ3) is 3.21. The molecule has 130 valence electrons. The molecule has 0 spiro atoms. The Morgan fingerprint density at radius 1 is 1.15 bits per heavy atom. The maximum atomic E-state index is 13.1. The Labute approximate surface area is 157 Å². The molecule has 4 nitrogen and oxygen atoms in total. The Hall–Kier alpha value is -2.70. The second-order valence-corrected chi connectivity index (χ2v) is 6.80. The monoisotopic (exact) mass is 386 g/mol. The van der Waals surface area contributed by atoms with Gasteiger partial charge in [0.1, 0.15) is 18.2 Å².